The van der Waals surface area contributed by atoms with Crippen molar-refractivity contribution >= 4 is 11.9 Å². The molecule has 3 rings (SSSR count). The van der Waals surface area contributed by atoms with E-state index in [2.05, 4.69) is 12.2 Å². The fourth-order valence-electron chi connectivity index (χ4n) is 7.01. The van der Waals surface area contributed by atoms with Gasteiger partial charge in [-0.2, -0.15) is 0 Å². The lowest BCUT2D eigenvalue weighted by Crippen LogP contribution is -2.69. The Morgan fingerprint density at radius 1 is 0.732 bits per heavy atom. The van der Waals surface area contributed by atoms with E-state index in [0.29, 0.717) is 6.42 Å². The molecule has 20 heteroatoms. The molecule has 18 N–H and O–H groups in total. The van der Waals surface area contributed by atoms with Gasteiger partial charge in [-0.1, -0.05) is 71.1 Å². The number of carbonyl (C=O) groups excluding carboxylic acids is 1. The molecule has 20 nitrogen and oxygen atoms in total. The summed E-state index contributed by atoms with van der Waals surface area (Å²) in [4.78, 5) is 22.8. The Morgan fingerprint density at radius 3 is 1.80 bits per heavy atom. The van der Waals surface area contributed by atoms with Crippen molar-refractivity contribution in [2.45, 2.75) is 195 Å². The maximum atomic E-state index is 12.6. The molecule has 2 saturated heterocycles. The molecule has 3 fully saturated rings. The Morgan fingerprint density at radius 2 is 1.27 bits per heavy atom. The second-order valence-electron chi connectivity index (χ2n) is 15.0. The smallest absolute Gasteiger partial charge is 0.303 e. The van der Waals surface area contributed by atoms with Gasteiger partial charge in [0, 0.05) is 19.0 Å². The lowest BCUT2D eigenvalue weighted by Gasteiger charge is -2.49. The first kappa shape index (κ1) is 50.4. The van der Waals surface area contributed by atoms with Crippen molar-refractivity contribution < 1.29 is 74.5 Å². The molecule has 0 aromatic carbocycles. The minimum atomic E-state index is -1.76. The predicted octanol–water partition coefficient (Wildman–Crippen LogP) is -3.65. The summed E-state index contributed by atoms with van der Waals surface area (Å²) in [5.41, 5.74) is 23.1. The number of carboxylic acids is 1. The molecule has 1 saturated carbocycles. The van der Waals surface area contributed by atoms with Gasteiger partial charge in [-0.3, -0.25) is 9.59 Å². The third kappa shape index (κ3) is 15.5. The fourth-order valence-corrected chi connectivity index (χ4v) is 7.01. The SMILES string of the molecule is CCCCCCCCCCCCCC(=O)O.NCC[C@H](O)C(=O)N[C@@H]1C[C@H](N)[C@@H](OC2O[C@H](CN)[C@@H](O)[C@H](O)[C@H]2O)[C@H](O)[C@H]1OC1O[C@H](CO)[C@@H](O)[C@H](N)[C@H]1O. The van der Waals surface area contributed by atoms with E-state index >= 15 is 0 Å². The van der Waals surface area contributed by atoms with Gasteiger partial charge in [0.25, 0.3) is 0 Å². The Labute approximate surface area is 328 Å². The first-order chi connectivity index (χ1) is 26.6. The average Bonchev–Trinajstić information content (AvgIpc) is 3.17. The molecule has 16 atom stereocenters. The number of nitrogens with one attached hydrogen (secondary N) is 1. The van der Waals surface area contributed by atoms with E-state index in [4.69, 9.17) is 47.0 Å². The third-order valence-electron chi connectivity index (χ3n) is 10.5. The van der Waals surface area contributed by atoms with E-state index in [1.807, 2.05) is 0 Å². The summed E-state index contributed by atoms with van der Waals surface area (Å²) in [6.45, 7) is 1.35. The molecule has 0 aromatic rings. The maximum absolute atomic E-state index is 12.6. The Balaban J connectivity index is 0.000000570. The molecule has 3 aliphatic rings. The number of carboxylic acid groups (broad SMARTS) is 1. The van der Waals surface area contributed by atoms with Crippen LogP contribution < -0.4 is 28.3 Å². The van der Waals surface area contributed by atoms with Crippen molar-refractivity contribution in [1.29, 1.82) is 0 Å². The van der Waals surface area contributed by atoms with Crippen LogP contribution in [-0.4, -0.2) is 175 Å². The summed E-state index contributed by atoms with van der Waals surface area (Å²) in [6.07, 6.45) is -5.46. The summed E-state index contributed by atoms with van der Waals surface area (Å²) >= 11 is 0. The minimum Gasteiger partial charge on any atom is -0.481 e. The molecular weight excluding hydrogens is 742 g/mol. The largest absolute Gasteiger partial charge is 0.481 e. The number of aliphatic hydroxyl groups excluding tert-OH is 8. The zero-order valence-corrected chi connectivity index (χ0v) is 32.5. The number of carbonyl (C=O) groups is 2. The molecule has 2 unspecified atom stereocenters. The molecule has 0 bridgehead atoms. The van der Waals surface area contributed by atoms with Gasteiger partial charge in [-0.25, -0.2) is 0 Å². The van der Waals surface area contributed by atoms with Crippen LogP contribution in [-0.2, 0) is 28.5 Å². The van der Waals surface area contributed by atoms with Crippen molar-refractivity contribution in [2.24, 2.45) is 22.9 Å². The van der Waals surface area contributed by atoms with Crippen molar-refractivity contribution in [3.05, 3.63) is 0 Å². The number of hydrogen-bond donors (Lipinski definition) is 14. The number of ether oxygens (including phenoxy) is 4. The zero-order chi connectivity index (χ0) is 41.9. The molecule has 330 valence electrons. The molecule has 2 heterocycles. The van der Waals surface area contributed by atoms with Crippen molar-refractivity contribution in [3.8, 4) is 0 Å². The number of amides is 1. The van der Waals surface area contributed by atoms with E-state index in [9.17, 15) is 50.4 Å². The van der Waals surface area contributed by atoms with Gasteiger partial charge in [0.2, 0.25) is 5.91 Å². The Hall–Kier alpha value is -1.70. The lowest BCUT2D eigenvalue weighted by atomic mass is 9.83. The van der Waals surface area contributed by atoms with Crippen molar-refractivity contribution in [3.63, 3.8) is 0 Å². The topological polar surface area (TPSA) is 369 Å². The quantitative estimate of drug-likeness (QED) is 0.0469. The lowest BCUT2D eigenvalue weighted by molar-refractivity contribution is -0.332. The third-order valence-corrected chi connectivity index (χ3v) is 10.5. The minimum absolute atomic E-state index is 0.0101. The fraction of sp³-hybridized carbons (Fsp3) is 0.944. The summed E-state index contributed by atoms with van der Waals surface area (Å²) < 4.78 is 22.5. The highest BCUT2D eigenvalue weighted by Gasteiger charge is 2.52. The van der Waals surface area contributed by atoms with Gasteiger partial charge in [0.15, 0.2) is 12.6 Å². The van der Waals surface area contributed by atoms with Gasteiger partial charge in [-0.15, -0.1) is 0 Å². The monoisotopic (exact) mass is 813 g/mol. The summed E-state index contributed by atoms with van der Waals surface area (Å²) in [7, 11) is 0. The average molecular weight is 814 g/mol. The first-order valence-corrected chi connectivity index (χ1v) is 20.1. The predicted molar refractivity (Wildman–Crippen MR) is 200 cm³/mol. The molecule has 0 radical (unpaired) electrons. The molecule has 1 amide bonds. The number of aliphatic carboxylic acids is 1. The van der Waals surface area contributed by atoms with Gasteiger partial charge in [0.05, 0.1) is 18.7 Å². The van der Waals surface area contributed by atoms with Crippen LogP contribution in [0.3, 0.4) is 0 Å². The number of rotatable bonds is 22. The maximum Gasteiger partial charge on any atom is 0.303 e. The van der Waals surface area contributed by atoms with Gasteiger partial charge >= 0.3 is 5.97 Å². The zero-order valence-electron chi connectivity index (χ0n) is 32.5. The number of unbranched alkanes of at least 4 members (excludes halogenated alkanes) is 10. The molecule has 0 aromatic heterocycles. The second kappa shape index (κ2) is 26.4. The molecule has 0 spiro atoms. The van der Waals surface area contributed by atoms with Crippen LogP contribution in [0.2, 0.25) is 0 Å². The number of nitrogens with two attached hydrogens (primary N) is 4. The van der Waals surface area contributed by atoms with Crippen molar-refractivity contribution in [1.82, 2.24) is 5.32 Å². The summed E-state index contributed by atoms with van der Waals surface area (Å²) in [5.74, 6) is -1.50. The molecule has 56 heavy (non-hydrogen) atoms. The molecule has 1 aliphatic carbocycles. The Bertz CT molecular complexity index is 1100. The number of hydrogen-bond acceptors (Lipinski definition) is 18. The van der Waals surface area contributed by atoms with E-state index in [1.165, 1.54) is 57.8 Å². The molecular formula is C36H71N5O15. The molecule has 2 aliphatic heterocycles. The van der Waals surface area contributed by atoms with Crippen LogP contribution in [0, 0.1) is 0 Å². The standard InChI is InChI=1S/C22H43N5O13.C14H28O2/c23-2-1-8(29)20(36)27-7-3-6(25)18(39-22-16(34)15(33)13(31)9(4-24)37-22)17(35)19(7)40-21-14(32)11(26)12(30)10(5-28)38-21;1-2-3-4-5-6-7-8-9-10-11-12-13-14(15)16/h6-19,21-22,28-35H,1-5,23-26H2,(H,27,36);2-13H2,1H3,(H,15,16)/t6-,7+,8-,9+,10+,11-,12+,13+,14+,15-,16+,17-,18+,19-,21?,22?;/m0./s1. The van der Waals surface area contributed by atoms with Crippen LogP contribution in [0.25, 0.3) is 0 Å². The van der Waals surface area contributed by atoms with Crippen LogP contribution in [0.5, 0.6) is 0 Å². The number of aliphatic hydroxyl groups is 8. The van der Waals surface area contributed by atoms with Crippen LogP contribution in [0.4, 0.5) is 0 Å². The first-order valence-electron chi connectivity index (χ1n) is 20.1. The van der Waals surface area contributed by atoms with Gasteiger partial charge < -0.3 is 93.2 Å². The van der Waals surface area contributed by atoms with Crippen molar-refractivity contribution in [2.75, 3.05) is 19.7 Å². The highest BCUT2D eigenvalue weighted by molar-refractivity contribution is 5.80. The van der Waals surface area contributed by atoms with E-state index < -0.39 is 116 Å². The normalized spacial score (nSPS) is 36.6. The van der Waals surface area contributed by atoms with Crippen LogP contribution in [0.15, 0.2) is 0 Å². The Kier molecular flexibility index (Phi) is 23.8. The van der Waals surface area contributed by atoms with E-state index in [0.717, 1.165) is 12.8 Å². The second-order valence-corrected chi connectivity index (χ2v) is 15.0. The highest BCUT2D eigenvalue weighted by atomic mass is 16.7. The van der Waals surface area contributed by atoms with Gasteiger partial charge in [-0.05, 0) is 25.8 Å². The van der Waals surface area contributed by atoms with Crippen LogP contribution in [0.1, 0.15) is 96.8 Å². The van der Waals surface area contributed by atoms with E-state index in [-0.39, 0.29) is 25.9 Å². The van der Waals surface area contributed by atoms with Gasteiger partial charge in [0.1, 0.15) is 67.1 Å². The summed E-state index contributed by atoms with van der Waals surface area (Å²) in [6, 6.07) is -3.45. The van der Waals surface area contributed by atoms with E-state index in [1.54, 1.807) is 0 Å². The highest BCUT2D eigenvalue weighted by Crippen LogP contribution is 2.32. The van der Waals surface area contributed by atoms with Crippen LogP contribution >= 0.6 is 0 Å². The summed E-state index contributed by atoms with van der Waals surface area (Å²) in [5, 5.41) is 93.3.